The first-order valence-electron chi connectivity index (χ1n) is 8.88. The number of hydrogen-bond donors (Lipinski definition) is 1. The third kappa shape index (κ3) is 4.11. The van der Waals surface area contributed by atoms with E-state index in [0.717, 1.165) is 17.1 Å². The van der Waals surface area contributed by atoms with Crippen molar-refractivity contribution in [2.24, 2.45) is 0 Å². The van der Waals surface area contributed by atoms with Crippen molar-refractivity contribution in [2.75, 3.05) is 5.32 Å². The van der Waals surface area contributed by atoms with Gasteiger partial charge in [-0.1, -0.05) is 0 Å². The number of amides is 1. The molecule has 0 unspecified atom stereocenters. The van der Waals surface area contributed by atoms with E-state index < -0.39 is 40.7 Å². The highest BCUT2D eigenvalue weighted by Crippen LogP contribution is 2.34. The molecule has 1 N–H and O–H groups in total. The molecule has 0 aliphatic rings. The lowest BCUT2D eigenvalue weighted by Crippen LogP contribution is -2.21. The van der Waals surface area contributed by atoms with Crippen LogP contribution in [-0.2, 0) is 6.18 Å². The van der Waals surface area contributed by atoms with Gasteiger partial charge in [-0.2, -0.15) is 33.7 Å². The van der Waals surface area contributed by atoms with Crippen LogP contribution in [0.15, 0.2) is 49.1 Å². The summed E-state index contributed by atoms with van der Waals surface area (Å²) in [7, 11) is 0. The molecule has 4 rings (SSSR count). The fourth-order valence-corrected chi connectivity index (χ4v) is 2.89. The number of nitrogens with zero attached hydrogens (tertiary/aromatic N) is 7. The number of nitriles is 1. The number of aromatic nitrogens is 6. The third-order valence-electron chi connectivity index (χ3n) is 4.28. The molecule has 9 nitrogen and oxygen atoms in total. The summed E-state index contributed by atoms with van der Waals surface area (Å²) < 4.78 is 68.3. The predicted molar refractivity (Wildman–Crippen MR) is 100 cm³/mol. The average Bonchev–Trinajstić information content (AvgIpc) is 3.45. The van der Waals surface area contributed by atoms with E-state index in [0.29, 0.717) is 18.3 Å². The summed E-state index contributed by atoms with van der Waals surface area (Å²) in [6.45, 7) is 0. The lowest BCUT2D eigenvalue weighted by Gasteiger charge is -2.13. The average molecular weight is 460 g/mol. The van der Waals surface area contributed by atoms with Gasteiger partial charge in [0, 0.05) is 6.07 Å². The molecule has 166 valence electrons. The Bertz CT molecular complexity index is 1390. The molecule has 4 aromatic rings. The normalized spacial score (nSPS) is 11.3. The van der Waals surface area contributed by atoms with E-state index in [1.54, 1.807) is 0 Å². The molecular weight excluding hydrogens is 451 g/mol. The smallest absolute Gasteiger partial charge is 0.320 e. The Balaban J connectivity index is 1.70. The standard InChI is InChI=1S/C19H9F5N8O/c20-14-2-1-12(6-15(14)21)31-16(19(22,23)24)13(9-29-31)18(33)30-11-5-10(7-25)17(26-8-11)32-27-3-4-28-32/h1-6,8-9H,(H,30,33). The first kappa shape index (κ1) is 21.6. The van der Waals surface area contributed by atoms with Crippen molar-refractivity contribution in [3.8, 4) is 17.6 Å². The molecule has 3 heterocycles. The molecule has 0 saturated heterocycles. The van der Waals surface area contributed by atoms with E-state index in [4.69, 9.17) is 0 Å². The Labute approximate surface area is 180 Å². The van der Waals surface area contributed by atoms with Crippen LogP contribution in [0.3, 0.4) is 0 Å². The highest BCUT2D eigenvalue weighted by atomic mass is 19.4. The van der Waals surface area contributed by atoms with Crippen molar-refractivity contribution in [3.63, 3.8) is 0 Å². The van der Waals surface area contributed by atoms with E-state index in [9.17, 15) is 32.0 Å². The number of alkyl halides is 3. The van der Waals surface area contributed by atoms with Crippen LogP contribution < -0.4 is 5.32 Å². The third-order valence-corrected chi connectivity index (χ3v) is 4.28. The van der Waals surface area contributed by atoms with Crippen molar-refractivity contribution in [1.29, 1.82) is 5.26 Å². The number of carbonyl (C=O) groups excluding carboxylic acids is 1. The van der Waals surface area contributed by atoms with Crippen LogP contribution in [0.5, 0.6) is 0 Å². The van der Waals surface area contributed by atoms with Gasteiger partial charge in [-0.05, 0) is 18.2 Å². The summed E-state index contributed by atoms with van der Waals surface area (Å²) in [5.41, 5.74) is -2.97. The van der Waals surface area contributed by atoms with E-state index in [1.807, 2.05) is 6.07 Å². The quantitative estimate of drug-likeness (QED) is 0.468. The number of rotatable bonds is 4. The second-order valence-corrected chi connectivity index (χ2v) is 6.39. The SMILES string of the molecule is N#Cc1cc(NC(=O)c2cnn(-c3ccc(F)c(F)c3)c2C(F)(F)F)cnc1-n1nccn1. The fraction of sp³-hybridized carbons (Fsp3) is 0.0526. The molecule has 0 atom stereocenters. The Kier molecular flexibility index (Phi) is 5.30. The van der Waals surface area contributed by atoms with Crippen molar-refractivity contribution >= 4 is 11.6 Å². The molecule has 0 spiro atoms. The molecule has 1 aromatic carbocycles. The van der Waals surface area contributed by atoms with Gasteiger partial charge in [0.1, 0.15) is 11.6 Å². The summed E-state index contributed by atoms with van der Waals surface area (Å²) in [6, 6.07) is 5.05. The topological polar surface area (TPSA) is 114 Å². The maximum atomic E-state index is 13.8. The van der Waals surface area contributed by atoms with Crippen LogP contribution >= 0.6 is 0 Å². The largest absolute Gasteiger partial charge is 0.434 e. The van der Waals surface area contributed by atoms with E-state index >= 15 is 0 Å². The van der Waals surface area contributed by atoms with Crippen molar-refractivity contribution in [1.82, 2.24) is 29.8 Å². The molecule has 0 radical (unpaired) electrons. The highest BCUT2D eigenvalue weighted by Gasteiger charge is 2.40. The van der Waals surface area contributed by atoms with E-state index in [2.05, 4.69) is 25.6 Å². The second-order valence-electron chi connectivity index (χ2n) is 6.39. The zero-order valence-corrected chi connectivity index (χ0v) is 16.0. The molecule has 14 heteroatoms. The van der Waals surface area contributed by atoms with Crippen LogP contribution in [-0.4, -0.2) is 35.7 Å². The second kappa shape index (κ2) is 8.11. The number of halogens is 5. The van der Waals surface area contributed by atoms with Crippen LogP contribution in [0, 0.1) is 23.0 Å². The van der Waals surface area contributed by atoms with Crippen molar-refractivity contribution in [2.45, 2.75) is 6.18 Å². The summed E-state index contributed by atoms with van der Waals surface area (Å²) >= 11 is 0. The van der Waals surface area contributed by atoms with Gasteiger partial charge in [0.25, 0.3) is 5.91 Å². The minimum Gasteiger partial charge on any atom is -0.320 e. The summed E-state index contributed by atoms with van der Waals surface area (Å²) in [6.07, 6.45) is -0.631. The highest BCUT2D eigenvalue weighted by molar-refractivity contribution is 6.05. The van der Waals surface area contributed by atoms with Gasteiger partial charge in [-0.15, -0.1) is 4.80 Å². The molecule has 0 aliphatic heterocycles. The minimum absolute atomic E-state index is 0.0441. The Morgan fingerprint density at radius 1 is 1.03 bits per heavy atom. The fourth-order valence-electron chi connectivity index (χ4n) is 2.89. The number of nitrogens with one attached hydrogen (secondary N) is 1. The van der Waals surface area contributed by atoms with Gasteiger partial charge in [-0.25, -0.2) is 18.4 Å². The Morgan fingerprint density at radius 3 is 2.39 bits per heavy atom. The number of hydrogen-bond acceptors (Lipinski definition) is 6. The maximum absolute atomic E-state index is 13.8. The molecule has 0 saturated carbocycles. The number of anilines is 1. The molecule has 33 heavy (non-hydrogen) atoms. The van der Waals surface area contributed by atoms with Crippen LogP contribution in [0.2, 0.25) is 0 Å². The van der Waals surface area contributed by atoms with Crippen molar-refractivity contribution < 1.29 is 26.7 Å². The van der Waals surface area contributed by atoms with Crippen LogP contribution in [0.4, 0.5) is 27.6 Å². The van der Waals surface area contributed by atoms with E-state index in [-0.39, 0.29) is 21.8 Å². The zero-order valence-electron chi connectivity index (χ0n) is 16.0. The number of benzene rings is 1. The number of pyridine rings is 1. The summed E-state index contributed by atoms with van der Waals surface area (Å²) in [4.78, 5) is 17.6. The van der Waals surface area contributed by atoms with Gasteiger partial charge in [0.05, 0.1) is 41.7 Å². The first-order chi connectivity index (χ1) is 15.7. The molecule has 1 amide bonds. The van der Waals surface area contributed by atoms with Crippen LogP contribution in [0.1, 0.15) is 21.6 Å². The Hall–Kier alpha value is -4.67. The van der Waals surface area contributed by atoms with Gasteiger partial charge in [0.15, 0.2) is 23.1 Å². The Morgan fingerprint density at radius 2 is 1.76 bits per heavy atom. The minimum atomic E-state index is -5.07. The lowest BCUT2D eigenvalue weighted by molar-refractivity contribution is -0.143. The van der Waals surface area contributed by atoms with Crippen molar-refractivity contribution in [3.05, 3.63) is 77.5 Å². The monoisotopic (exact) mass is 460 g/mol. The first-order valence-corrected chi connectivity index (χ1v) is 8.88. The molecule has 0 bridgehead atoms. The zero-order chi connectivity index (χ0) is 23.8. The molecule has 0 aliphatic carbocycles. The van der Waals surface area contributed by atoms with Gasteiger partial charge >= 0.3 is 6.18 Å². The van der Waals surface area contributed by atoms with Gasteiger partial charge in [0.2, 0.25) is 0 Å². The molecular formula is C19H9F5N8O. The van der Waals surface area contributed by atoms with Gasteiger partial charge < -0.3 is 5.32 Å². The lowest BCUT2D eigenvalue weighted by atomic mass is 10.2. The maximum Gasteiger partial charge on any atom is 0.434 e. The summed E-state index contributed by atoms with van der Waals surface area (Å²) in [5, 5.41) is 22.7. The van der Waals surface area contributed by atoms with Gasteiger partial charge in [-0.3, -0.25) is 4.79 Å². The predicted octanol–water partition coefficient (Wildman–Crippen LogP) is 3.27. The summed E-state index contributed by atoms with van der Waals surface area (Å²) in [5.74, 6) is -3.81. The number of carbonyl (C=O) groups is 1. The molecule has 0 fully saturated rings. The van der Waals surface area contributed by atoms with E-state index in [1.165, 1.54) is 18.5 Å². The van der Waals surface area contributed by atoms with Crippen LogP contribution in [0.25, 0.3) is 11.5 Å². The molecule has 3 aromatic heterocycles.